The average Bonchev–Trinajstić information content (AvgIpc) is 3.64. The van der Waals surface area contributed by atoms with E-state index in [1.54, 1.807) is 27.7 Å². The first-order valence-electron chi connectivity index (χ1n) is 14.2. The molecule has 0 N–H and O–H groups in total. The van der Waals surface area contributed by atoms with Gasteiger partial charge in [-0.1, -0.05) is 47.1 Å². The lowest BCUT2D eigenvalue weighted by molar-refractivity contribution is 0.0598. The number of nitrogens with zero attached hydrogens (tertiary/aromatic N) is 6. The van der Waals surface area contributed by atoms with Crippen molar-refractivity contribution in [3.63, 3.8) is 0 Å². The van der Waals surface area contributed by atoms with E-state index in [9.17, 15) is 9.18 Å². The molecule has 3 aromatic heterocycles. The van der Waals surface area contributed by atoms with Crippen LogP contribution in [-0.4, -0.2) is 42.1 Å². The van der Waals surface area contributed by atoms with Crippen molar-refractivity contribution < 1.29 is 18.4 Å². The number of rotatable bonds is 8. The average molecular weight is 569 g/mol. The maximum absolute atomic E-state index is 13.9. The van der Waals surface area contributed by atoms with Gasteiger partial charge in [-0.15, -0.1) is 0 Å². The fraction of sp³-hybridized carbons (Fsp3) is 0.344. The van der Waals surface area contributed by atoms with Gasteiger partial charge in [-0.25, -0.2) is 13.9 Å². The van der Waals surface area contributed by atoms with Crippen molar-refractivity contribution in [3.8, 4) is 0 Å². The third-order valence-electron chi connectivity index (χ3n) is 7.89. The van der Waals surface area contributed by atoms with Crippen LogP contribution in [0.15, 0.2) is 59.3 Å². The van der Waals surface area contributed by atoms with Gasteiger partial charge in [0, 0.05) is 24.4 Å². The van der Waals surface area contributed by atoms with E-state index in [1.807, 2.05) is 13.8 Å². The van der Waals surface area contributed by atoms with Gasteiger partial charge in [0.05, 0.1) is 18.8 Å². The number of aryl methyl sites for hydroxylation is 3. The second-order valence-electron chi connectivity index (χ2n) is 10.9. The van der Waals surface area contributed by atoms with E-state index in [4.69, 9.17) is 14.2 Å². The molecular formula is C32H33FN6O3. The van der Waals surface area contributed by atoms with Gasteiger partial charge in [0.2, 0.25) is 0 Å². The molecule has 1 fully saturated rings. The first-order chi connectivity index (χ1) is 20.4. The number of aromatic nitrogens is 5. The Morgan fingerprint density at radius 3 is 2.55 bits per heavy atom. The van der Waals surface area contributed by atoms with Crippen LogP contribution in [0.5, 0.6) is 0 Å². The van der Waals surface area contributed by atoms with E-state index < -0.39 is 0 Å². The number of ether oxygens (including phenoxy) is 1. The molecule has 1 atom stereocenters. The highest BCUT2D eigenvalue weighted by Crippen LogP contribution is 2.32. The first kappa shape index (κ1) is 27.7. The van der Waals surface area contributed by atoms with Crippen LogP contribution in [0.1, 0.15) is 81.0 Å². The zero-order valence-corrected chi connectivity index (χ0v) is 24.0. The third kappa shape index (κ3) is 5.67. The molecule has 1 amide bonds. The smallest absolute Gasteiger partial charge is 0.259 e. The zero-order valence-electron chi connectivity index (χ0n) is 24.0. The van der Waals surface area contributed by atoms with Crippen LogP contribution in [-0.2, 0) is 24.4 Å². The SMILES string of the molecule is Cc1ccc(Cc2c(C)nc3c(C(=O)N4CCCCC4c4noc(COCc5ccc(F)cc5)n4)cnn3c2C)cc1. The van der Waals surface area contributed by atoms with Gasteiger partial charge in [-0.3, -0.25) is 4.79 Å². The van der Waals surface area contributed by atoms with Gasteiger partial charge >= 0.3 is 0 Å². The molecule has 1 unspecified atom stereocenters. The number of halogens is 1. The number of hydrogen-bond donors (Lipinski definition) is 0. The first-order valence-corrected chi connectivity index (χ1v) is 14.2. The summed E-state index contributed by atoms with van der Waals surface area (Å²) < 4.78 is 26.0. The summed E-state index contributed by atoms with van der Waals surface area (Å²) in [6.07, 6.45) is 4.92. The van der Waals surface area contributed by atoms with Crippen molar-refractivity contribution in [1.29, 1.82) is 0 Å². The van der Waals surface area contributed by atoms with Crippen molar-refractivity contribution in [2.24, 2.45) is 0 Å². The van der Waals surface area contributed by atoms with Gasteiger partial charge in [0.1, 0.15) is 18.0 Å². The Kier molecular flexibility index (Phi) is 7.80. The molecule has 0 spiro atoms. The number of likely N-dealkylation sites (tertiary alicyclic amines) is 1. The Morgan fingerprint density at radius 2 is 1.76 bits per heavy atom. The minimum Gasteiger partial charge on any atom is -0.367 e. The number of fused-ring (bicyclic) bond motifs is 1. The predicted octanol–water partition coefficient (Wildman–Crippen LogP) is 5.85. The highest BCUT2D eigenvalue weighted by Gasteiger charge is 2.34. The lowest BCUT2D eigenvalue weighted by Crippen LogP contribution is -2.39. The summed E-state index contributed by atoms with van der Waals surface area (Å²) in [4.78, 5) is 25.2. The van der Waals surface area contributed by atoms with Crippen LogP contribution in [0.3, 0.4) is 0 Å². The van der Waals surface area contributed by atoms with Crippen molar-refractivity contribution in [2.45, 2.75) is 65.7 Å². The maximum Gasteiger partial charge on any atom is 0.259 e. The van der Waals surface area contributed by atoms with Crippen molar-refractivity contribution in [3.05, 3.63) is 111 Å². The van der Waals surface area contributed by atoms with Gasteiger partial charge in [0.25, 0.3) is 11.8 Å². The molecule has 42 heavy (non-hydrogen) atoms. The highest BCUT2D eigenvalue weighted by molar-refractivity contribution is 6.00. The Labute approximate surface area is 243 Å². The monoisotopic (exact) mass is 568 g/mol. The second-order valence-corrected chi connectivity index (χ2v) is 10.9. The van der Waals surface area contributed by atoms with E-state index in [2.05, 4.69) is 46.4 Å². The third-order valence-corrected chi connectivity index (χ3v) is 7.89. The van der Waals surface area contributed by atoms with Crippen LogP contribution >= 0.6 is 0 Å². The van der Waals surface area contributed by atoms with E-state index >= 15 is 0 Å². The van der Waals surface area contributed by atoms with Crippen LogP contribution in [0.2, 0.25) is 0 Å². The molecular weight excluding hydrogens is 535 g/mol. The summed E-state index contributed by atoms with van der Waals surface area (Å²) in [6.45, 7) is 7.07. The van der Waals surface area contributed by atoms with Crippen molar-refractivity contribution in [1.82, 2.24) is 29.6 Å². The molecule has 2 aromatic carbocycles. The lowest BCUT2D eigenvalue weighted by atomic mass is 10.00. The summed E-state index contributed by atoms with van der Waals surface area (Å²) in [5.41, 5.74) is 7.23. The van der Waals surface area contributed by atoms with Crippen LogP contribution in [0, 0.1) is 26.6 Å². The normalized spacial score (nSPS) is 15.4. The number of hydrogen-bond acceptors (Lipinski definition) is 7. The zero-order chi connectivity index (χ0) is 29.2. The minimum atomic E-state index is -0.321. The Balaban J connectivity index is 1.19. The lowest BCUT2D eigenvalue weighted by Gasteiger charge is -2.33. The quantitative estimate of drug-likeness (QED) is 0.232. The Bertz CT molecular complexity index is 1710. The summed E-state index contributed by atoms with van der Waals surface area (Å²) in [5, 5.41) is 8.77. The highest BCUT2D eigenvalue weighted by atomic mass is 19.1. The molecule has 4 heterocycles. The molecule has 0 bridgehead atoms. The maximum atomic E-state index is 13.9. The molecule has 0 saturated carbocycles. The van der Waals surface area contributed by atoms with Crippen LogP contribution in [0.25, 0.3) is 5.65 Å². The van der Waals surface area contributed by atoms with E-state index in [0.717, 1.165) is 48.2 Å². The largest absolute Gasteiger partial charge is 0.367 e. The fourth-order valence-corrected chi connectivity index (χ4v) is 5.52. The molecule has 0 radical (unpaired) electrons. The van der Waals surface area contributed by atoms with Crippen molar-refractivity contribution in [2.75, 3.05) is 6.54 Å². The van der Waals surface area contributed by atoms with Gasteiger partial charge in [-0.05, 0) is 68.9 Å². The Morgan fingerprint density at radius 1 is 1.00 bits per heavy atom. The molecule has 10 heteroatoms. The van der Waals surface area contributed by atoms with Gasteiger partial charge < -0.3 is 14.2 Å². The van der Waals surface area contributed by atoms with Crippen LogP contribution < -0.4 is 0 Å². The van der Waals surface area contributed by atoms with E-state index in [0.29, 0.717) is 36.1 Å². The number of carbonyl (C=O) groups excluding carboxylic acids is 1. The summed E-state index contributed by atoms with van der Waals surface area (Å²) in [5.74, 6) is 0.349. The standard InChI is InChI=1S/C32H33FN6O3/c1-20-7-9-23(10-8-20)16-26-21(2)35-31-27(17-34-39(31)22(26)3)32(40)38-15-5-4-6-28(38)30-36-29(42-37-30)19-41-18-24-11-13-25(33)14-12-24/h7-14,17,28H,4-6,15-16,18-19H2,1-3H3. The molecule has 1 aliphatic rings. The summed E-state index contributed by atoms with van der Waals surface area (Å²) >= 11 is 0. The summed E-state index contributed by atoms with van der Waals surface area (Å²) in [7, 11) is 0. The predicted molar refractivity (Wildman–Crippen MR) is 153 cm³/mol. The summed E-state index contributed by atoms with van der Waals surface area (Å²) in [6, 6.07) is 14.3. The molecule has 216 valence electrons. The Hall–Kier alpha value is -4.44. The topological polar surface area (TPSA) is 98.7 Å². The number of benzene rings is 2. The number of amides is 1. The molecule has 9 nitrogen and oxygen atoms in total. The molecule has 0 aliphatic carbocycles. The van der Waals surface area contributed by atoms with Gasteiger partial charge in [-0.2, -0.15) is 10.1 Å². The van der Waals surface area contributed by atoms with Gasteiger partial charge in [0.15, 0.2) is 11.5 Å². The van der Waals surface area contributed by atoms with Crippen LogP contribution in [0.4, 0.5) is 4.39 Å². The minimum absolute atomic E-state index is 0.118. The fourth-order valence-electron chi connectivity index (χ4n) is 5.52. The second kappa shape index (κ2) is 11.8. The number of piperidine rings is 1. The molecule has 5 aromatic rings. The molecule has 6 rings (SSSR count). The molecule has 1 aliphatic heterocycles. The molecule has 1 saturated heterocycles. The number of carbonyl (C=O) groups is 1. The van der Waals surface area contributed by atoms with E-state index in [-0.39, 0.29) is 24.4 Å². The van der Waals surface area contributed by atoms with Crippen molar-refractivity contribution >= 4 is 11.6 Å². The van der Waals surface area contributed by atoms with E-state index in [1.165, 1.54) is 23.3 Å².